The van der Waals surface area contributed by atoms with E-state index in [-0.39, 0.29) is 28.3 Å². The Hall–Kier alpha value is -0.140. The van der Waals surface area contributed by atoms with E-state index in [1.165, 1.54) is 38.5 Å². The first-order valence-corrected chi connectivity index (χ1v) is 14.7. The summed E-state index contributed by atoms with van der Waals surface area (Å²) in [5.41, 5.74) is 1.15. The van der Waals surface area contributed by atoms with Crippen molar-refractivity contribution in [1.29, 1.82) is 0 Å². The molecule has 1 N–H and O–H groups in total. The fraction of sp³-hybridized carbons (Fsp3) is 0.966. The van der Waals surface area contributed by atoms with E-state index in [4.69, 9.17) is 4.74 Å². The Kier molecular flexibility index (Phi) is 6.23. The monoisotopic (exact) mass is 479 g/mol. The number of ether oxygens (including phenoxy) is 1. The van der Waals surface area contributed by atoms with Crippen LogP contribution in [0.15, 0.2) is 0 Å². The molecule has 0 spiro atoms. The van der Waals surface area contributed by atoms with E-state index in [1.807, 2.05) is 0 Å². The molecule has 0 aliphatic heterocycles. The molecule has 190 valence electrons. The number of fused-ring (bicyclic) bond motifs is 5. The number of hydrogen-bond acceptors (Lipinski definition) is 3. The van der Waals surface area contributed by atoms with Gasteiger partial charge in [0.15, 0.2) is 0 Å². The molecular formula is C29H52O3P+. The number of rotatable bonds is 3. The standard InChI is InChI=1S/C29H51O3P/c1-24(2)19-11-14-28(7)21(27(19,6)13-12-22(24)32-23(31)17-33)10-9-20-25(3,4)26(5,18-30)15-16-29(20,28)8/h19-22,30H,9-18,33H2,1-8H3/p+1/t19-,20+,21+,22-,26+,27-,28+,29+/m0/s1. The molecule has 4 aliphatic rings. The summed E-state index contributed by atoms with van der Waals surface area (Å²) in [5.74, 6) is 1.96. The molecule has 3 nitrogen and oxygen atoms in total. The predicted molar refractivity (Wildman–Crippen MR) is 140 cm³/mol. The predicted octanol–water partition coefficient (Wildman–Crippen LogP) is 6.60. The van der Waals surface area contributed by atoms with Crippen LogP contribution in [-0.2, 0) is 9.53 Å². The third-order valence-corrected chi connectivity index (χ3v) is 13.7. The van der Waals surface area contributed by atoms with Gasteiger partial charge in [0.05, 0.1) is 0 Å². The normalized spacial score (nSPS) is 50.6. The third-order valence-electron chi connectivity index (χ3n) is 13.3. The molecule has 0 aromatic carbocycles. The second-order valence-electron chi connectivity index (χ2n) is 14.6. The van der Waals surface area contributed by atoms with Crippen LogP contribution in [-0.4, -0.2) is 29.9 Å². The molecule has 0 aromatic rings. The van der Waals surface area contributed by atoms with Gasteiger partial charge in [-0.3, -0.25) is 0 Å². The molecule has 4 aliphatic carbocycles. The van der Waals surface area contributed by atoms with Crippen LogP contribution in [0.25, 0.3) is 0 Å². The number of esters is 1. The van der Waals surface area contributed by atoms with Crippen molar-refractivity contribution in [2.45, 2.75) is 113 Å². The second kappa shape index (κ2) is 7.93. The van der Waals surface area contributed by atoms with E-state index in [9.17, 15) is 9.90 Å². The zero-order valence-electron chi connectivity index (χ0n) is 22.9. The van der Waals surface area contributed by atoms with Crippen LogP contribution >= 0.6 is 9.24 Å². The van der Waals surface area contributed by atoms with Gasteiger partial charge in [-0.15, -0.1) is 0 Å². The minimum atomic E-state index is -0.0277. The van der Waals surface area contributed by atoms with Crippen LogP contribution < -0.4 is 0 Å². The first kappa shape index (κ1) is 25.9. The van der Waals surface area contributed by atoms with Crippen molar-refractivity contribution in [3.63, 3.8) is 0 Å². The molecule has 4 saturated carbocycles. The van der Waals surface area contributed by atoms with Gasteiger partial charge in [-0.2, -0.15) is 0 Å². The van der Waals surface area contributed by atoms with Crippen molar-refractivity contribution in [3.05, 3.63) is 0 Å². The Morgan fingerprint density at radius 2 is 1.42 bits per heavy atom. The minimum absolute atomic E-state index is 0.0191. The Morgan fingerprint density at radius 1 is 0.818 bits per heavy atom. The summed E-state index contributed by atoms with van der Waals surface area (Å²) in [4.78, 5) is 12.2. The molecule has 4 rings (SSSR count). The summed E-state index contributed by atoms with van der Waals surface area (Å²) in [6.45, 7) is 20.2. The van der Waals surface area contributed by atoms with E-state index in [2.05, 4.69) is 55.4 Å². The maximum Gasteiger partial charge on any atom is 0.343 e. The summed E-state index contributed by atoms with van der Waals surface area (Å²) in [7, 11) is 1.70. The second-order valence-corrected chi connectivity index (χ2v) is 15.1. The Bertz CT molecular complexity index is 792. The van der Waals surface area contributed by atoms with Crippen molar-refractivity contribution in [2.24, 2.45) is 50.2 Å². The Morgan fingerprint density at radius 3 is 2.03 bits per heavy atom. The van der Waals surface area contributed by atoms with Crippen LogP contribution in [0.4, 0.5) is 0 Å². The highest BCUT2D eigenvalue weighted by molar-refractivity contribution is 7.18. The molecule has 33 heavy (non-hydrogen) atoms. The first-order chi connectivity index (χ1) is 15.1. The highest BCUT2D eigenvalue weighted by Crippen LogP contribution is 2.77. The van der Waals surface area contributed by atoms with Crippen molar-refractivity contribution < 1.29 is 14.6 Å². The van der Waals surface area contributed by atoms with Gasteiger partial charge in [-0.25, -0.2) is 4.79 Å². The SMILES string of the molecule is CC1(C)[C@@H](OC(=O)C[PH3+])CC[C@]2(C)[C@H]3CC[C@@H]4C(C)(C)[C@@](C)(CO)CC[C@@]4(C)[C@]3(C)CC[C@@H]12. The van der Waals surface area contributed by atoms with Crippen molar-refractivity contribution in [3.8, 4) is 0 Å². The molecule has 0 aromatic heterocycles. The smallest absolute Gasteiger partial charge is 0.343 e. The van der Waals surface area contributed by atoms with E-state index < -0.39 is 0 Å². The first-order valence-electron chi connectivity index (χ1n) is 13.7. The van der Waals surface area contributed by atoms with Gasteiger partial charge in [0.2, 0.25) is 0 Å². The van der Waals surface area contributed by atoms with E-state index in [0.717, 1.165) is 18.8 Å². The molecule has 9 atom stereocenters. The van der Waals surface area contributed by atoms with Gasteiger partial charge in [-0.1, -0.05) is 55.4 Å². The number of aliphatic hydroxyl groups is 1. The summed E-state index contributed by atoms with van der Waals surface area (Å²) in [6.07, 6.45) is 10.3. The lowest BCUT2D eigenvalue weighted by Crippen LogP contribution is -2.68. The maximum absolute atomic E-state index is 12.2. The Balaban J connectivity index is 1.68. The number of carbonyl (C=O) groups is 1. The molecule has 0 heterocycles. The van der Waals surface area contributed by atoms with Gasteiger partial charge < -0.3 is 9.84 Å². The Labute approximate surface area is 205 Å². The highest BCUT2D eigenvalue weighted by Gasteiger charge is 2.70. The average molecular weight is 480 g/mol. The van der Waals surface area contributed by atoms with E-state index >= 15 is 0 Å². The number of aliphatic hydroxyl groups excluding tert-OH is 1. The molecular weight excluding hydrogens is 427 g/mol. The van der Waals surface area contributed by atoms with Crippen molar-refractivity contribution in [2.75, 3.05) is 12.8 Å². The van der Waals surface area contributed by atoms with Crippen LogP contribution in [0, 0.1) is 50.2 Å². The lowest BCUT2D eigenvalue weighted by molar-refractivity contribution is -0.264. The largest absolute Gasteiger partial charge is 0.459 e. The fourth-order valence-corrected chi connectivity index (χ4v) is 10.6. The molecule has 0 bridgehead atoms. The van der Waals surface area contributed by atoms with Gasteiger partial charge in [0.25, 0.3) is 0 Å². The highest BCUT2D eigenvalue weighted by atomic mass is 31.0. The lowest BCUT2D eigenvalue weighted by Gasteiger charge is -2.74. The number of hydrogen-bond donors (Lipinski definition) is 1. The topological polar surface area (TPSA) is 46.5 Å². The third kappa shape index (κ3) is 3.29. The van der Waals surface area contributed by atoms with Gasteiger partial charge >= 0.3 is 5.97 Å². The van der Waals surface area contributed by atoms with E-state index in [1.54, 1.807) is 9.24 Å². The summed E-state index contributed by atoms with van der Waals surface area (Å²) >= 11 is 0. The maximum atomic E-state index is 12.2. The molecule has 1 unspecified atom stereocenters. The van der Waals surface area contributed by atoms with Crippen molar-refractivity contribution in [1.82, 2.24) is 0 Å². The van der Waals surface area contributed by atoms with Crippen molar-refractivity contribution >= 4 is 15.2 Å². The zero-order chi connectivity index (χ0) is 24.7. The summed E-state index contributed by atoms with van der Waals surface area (Å²) in [5, 5.41) is 10.4. The molecule has 0 radical (unpaired) electrons. The molecule has 0 saturated heterocycles. The summed E-state index contributed by atoms with van der Waals surface area (Å²) < 4.78 is 6.02. The summed E-state index contributed by atoms with van der Waals surface area (Å²) in [6, 6.07) is 0. The van der Waals surface area contributed by atoms with Crippen LogP contribution in [0.1, 0.15) is 107 Å². The zero-order valence-corrected chi connectivity index (χ0v) is 24.3. The molecule has 4 fully saturated rings. The van der Waals surface area contributed by atoms with Crippen LogP contribution in [0.5, 0.6) is 0 Å². The number of carbonyl (C=O) groups excluding carboxylic acids is 1. The quantitative estimate of drug-likeness (QED) is 0.366. The molecule has 0 amide bonds. The van der Waals surface area contributed by atoms with Gasteiger partial charge in [-0.05, 0) is 105 Å². The van der Waals surface area contributed by atoms with Gasteiger partial charge in [0.1, 0.15) is 12.3 Å². The van der Waals surface area contributed by atoms with E-state index in [0.29, 0.717) is 40.8 Å². The molecule has 4 heteroatoms. The average Bonchev–Trinajstić information content (AvgIpc) is 2.74. The lowest BCUT2D eigenvalue weighted by atomic mass is 9.31. The van der Waals surface area contributed by atoms with Crippen LogP contribution in [0.3, 0.4) is 0 Å². The fourth-order valence-electron chi connectivity index (χ4n) is 10.5. The minimum Gasteiger partial charge on any atom is -0.459 e. The van der Waals surface area contributed by atoms with Gasteiger partial charge in [0, 0.05) is 12.0 Å². The van der Waals surface area contributed by atoms with Crippen LogP contribution in [0.2, 0.25) is 0 Å².